The number of aliphatic imine (C=N–C) groups is 1. The van der Waals surface area contributed by atoms with E-state index in [1.54, 1.807) is 27.5 Å². The van der Waals surface area contributed by atoms with Crippen LogP contribution < -0.4 is 9.47 Å². The van der Waals surface area contributed by atoms with E-state index >= 15 is 0 Å². The molecule has 18 heavy (non-hydrogen) atoms. The van der Waals surface area contributed by atoms with Crippen molar-refractivity contribution in [2.45, 2.75) is 12.8 Å². The Hall–Kier alpha value is -1.97. The molecule has 0 fully saturated rings. The van der Waals surface area contributed by atoms with Gasteiger partial charge in [0.2, 0.25) is 0 Å². The zero-order valence-corrected chi connectivity index (χ0v) is 11.1. The van der Waals surface area contributed by atoms with Crippen molar-refractivity contribution < 1.29 is 14.2 Å². The van der Waals surface area contributed by atoms with Gasteiger partial charge >= 0.3 is 0 Å². The lowest BCUT2D eigenvalue weighted by Gasteiger charge is -2.17. The van der Waals surface area contributed by atoms with Crippen LogP contribution in [0.5, 0.6) is 11.5 Å². The molecule has 1 aliphatic rings. The zero-order chi connectivity index (χ0) is 13.1. The Kier molecular flexibility index (Phi) is 3.55. The largest absolute Gasteiger partial charge is 0.493 e. The number of rotatable bonds is 2. The fraction of sp³-hybridized carbons (Fsp3) is 0.357. The summed E-state index contributed by atoms with van der Waals surface area (Å²) in [7, 11) is 4.90. The van der Waals surface area contributed by atoms with Gasteiger partial charge in [0.1, 0.15) is 0 Å². The highest BCUT2D eigenvalue weighted by molar-refractivity contribution is 5.87. The van der Waals surface area contributed by atoms with Crippen LogP contribution in [0.2, 0.25) is 0 Å². The van der Waals surface area contributed by atoms with Gasteiger partial charge in [0.25, 0.3) is 0 Å². The molecule has 0 amide bonds. The minimum atomic E-state index is 0.0832. The number of hydrogen-bond acceptors (Lipinski definition) is 4. The molecule has 0 N–H and O–H groups in total. The number of methoxy groups -OCH3 is 3. The Morgan fingerprint density at radius 1 is 1.00 bits per heavy atom. The second-order valence-electron chi connectivity index (χ2n) is 4.04. The van der Waals surface area contributed by atoms with Crippen molar-refractivity contribution in [2.24, 2.45) is 4.99 Å². The molecule has 0 aromatic heterocycles. The molecule has 1 heterocycles. The predicted octanol–water partition coefficient (Wildman–Crippen LogP) is 2.84. The smallest absolute Gasteiger partial charge is 0.195 e. The lowest BCUT2D eigenvalue weighted by Crippen LogP contribution is -2.11. The summed E-state index contributed by atoms with van der Waals surface area (Å²) >= 11 is 0. The van der Waals surface area contributed by atoms with E-state index in [2.05, 4.69) is 11.9 Å². The third-order valence-electron chi connectivity index (χ3n) is 3.09. The number of ether oxygens (including phenoxy) is 3. The van der Waals surface area contributed by atoms with Crippen molar-refractivity contribution in [3.05, 3.63) is 29.5 Å². The van der Waals surface area contributed by atoms with Gasteiger partial charge in [-0.2, -0.15) is 0 Å². The number of hydrogen-bond donors (Lipinski definition) is 0. The maximum atomic E-state index is 5.33. The van der Waals surface area contributed by atoms with Crippen LogP contribution in [0.15, 0.2) is 23.3 Å². The Morgan fingerprint density at radius 3 is 2.28 bits per heavy atom. The number of fused-ring (bicyclic) bond motifs is 1. The average molecular weight is 247 g/mol. The first-order chi connectivity index (χ1) is 8.71. The van der Waals surface area contributed by atoms with Gasteiger partial charge in [-0.25, -0.2) is 4.99 Å². The summed E-state index contributed by atoms with van der Waals surface area (Å²) in [6.07, 6.45) is 3.69. The highest BCUT2D eigenvalue weighted by Crippen LogP contribution is 2.36. The first kappa shape index (κ1) is 12.5. The monoisotopic (exact) mass is 247 g/mol. The second-order valence-corrected chi connectivity index (χ2v) is 4.04. The van der Waals surface area contributed by atoms with Crippen molar-refractivity contribution in [1.82, 2.24) is 0 Å². The summed E-state index contributed by atoms with van der Waals surface area (Å²) in [6.45, 7) is 2.06. The van der Waals surface area contributed by atoms with Crippen LogP contribution in [-0.4, -0.2) is 27.2 Å². The number of benzene rings is 1. The zero-order valence-electron chi connectivity index (χ0n) is 11.1. The summed E-state index contributed by atoms with van der Waals surface area (Å²) < 4.78 is 15.9. The van der Waals surface area contributed by atoms with Gasteiger partial charge in [0, 0.05) is 6.20 Å². The summed E-state index contributed by atoms with van der Waals surface area (Å²) in [5.74, 6) is 2.21. The van der Waals surface area contributed by atoms with Crippen molar-refractivity contribution in [1.29, 1.82) is 0 Å². The molecule has 1 aromatic carbocycles. The maximum absolute atomic E-state index is 5.33. The molecule has 0 radical (unpaired) electrons. The molecule has 1 aliphatic heterocycles. The van der Waals surface area contributed by atoms with Gasteiger partial charge in [-0.05, 0) is 36.3 Å². The quantitative estimate of drug-likeness (QED) is 0.806. The molecule has 1 atom stereocenters. The molecule has 0 saturated carbocycles. The van der Waals surface area contributed by atoms with Crippen LogP contribution in [0, 0.1) is 0 Å². The summed E-state index contributed by atoms with van der Waals surface area (Å²) in [6, 6.07) is 3.93. The van der Waals surface area contributed by atoms with E-state index in [0.29, 0.717) is 17.4 Å². The van der Waals surface area contributed by atoms with Gasteiger partial charge in [0.05, 0.1) is 27.2 Å². The maximum Gasteiger partial charge on any atom is 0.195 e. The Morgan fingerprint density at radius 2 is 1.67 bits per heavy atom. The highest BCUT2D eigenvalue weighted by Gasteiger charge is 2.21. The Bertz CT molecular complexity index is 506. The first-order valence-corrected chi connectivity index (χ1v) is 5.75. The van der Waals surface area contributed by atoms with E-state index in [0.717, 1.165) is 11.1 Å². The molecule has 2 rings (SSSR count). The van der Waals surface area contributed by atoms with E-state index in [-0.39, 0.29) is 5.92 Å². The van der Waals surface area contributed by atoms with E-state index in [1.165, 1.54) is 0 Å². The fourth-order valence-corrected chi connectivity index (χ4v) is 2.10. The SMILES string of the molecule is COC1=NC=Cc2cc(OC)c(OC)cc2C1C. The van der Waals surface area contributed by atoms with Crippen LogP contribution in [0.25, 0.3) is 6.08 Å². The van der Waals surface area contributed by atoms with Crippen molar-refractivity contribution in [2.75, 3.05) is 21.3 Å². The average Bonchev–Trinajstić information content (AvgIpc) is 2.56. The third kappa shape index (κ3) is 2.06. The summed E-state index contributed by atoms with van der Waals surface area (Å²) in [5, 5.41) is 0. The topological polar surface area (TPSA) is 40.0 Å². The first-order valence-electron chi connectivity index (χ1n) is 5.75. The third-order valence-corrected chi connectivity index (χ3v) is 3.09. The van der Waals surface area contributed by atoms with Crippen LogP contribution >= 0.6 is 0 Å². The second kappa shape index (κ2) is 5.12. The van der Waals surface area contributed by atoms with Gasteiger partial charge < -0.3 is 14.2 Å². The Labute approximate surface area is 107 Å². The molecule has 4 heteroatoms. The van der Waals surface area contributed by atoms with E-state index in [4.69, 9.17) is 14.2 Å². The van der Waals surface area contributed by atoms with Crippen LogP contribution in [-0.2, 0) is 4.74 Å². The van der Waals surface area contributed by atoms with E-state index in [9.17, 15) is 0 Å². The van der Waals surface area contributed by atoms with Gasteiger partial charge in [-0.1, -0.05) is 0 Å². The van der Waals surface area contributed by atoms with Gasteiger partial charge in [-0.3, -0.25) is 0 Å². The normalized spacial score (nSPS) is 17.6. The molecular weight excluding hydrogens is 230 g/mol. The van der Waals surface area contributed by atoms with Crippen LogP contribution in [0.4, 0.5) is 0 Å². The molecule has 4 nitrogen and oxygen atoms in total. The van der Waals surface area contributed by atoms with Crippen LogP contribution in [0.1, 0.15) is 24.0 Å². The van der Waals surface area contributed by atoms with Crippen LogP contribution in [0.3, 0.4) is 0 Å². The van der Waals surface area contributed by atoms with Gasteiger partial charge in [0.15, 0.2) is 17.4 Å². The molecule has 0 bridgehead atoms. The predicted molar refractivity (Wildman–Crippen MR) is 71.4 cm³/mol. The minimum Gasteiger partial charge on any atom is -0.493 e. The Balaban J connectivity index is 2.56. The lowest BCUT2D eigenvalue weighted by molar-refractivity contribution is 0.354. The standard InChI is InChI=1S/C14H17NO3/c1-9-11-8-13(17-3)12(16-2)7-10(11)5-6-15-14(9)18-4/h5-9H,1-4H3. The lowest BCUT2D eigenvalue weighted by atomic mass is 9.95. The molecule has 0 spiro atoms. The molecule has 1 aromatic rings. The van der Waals surface area contributed by atoms with E-state index in [1.807, 2.05) is 18.2 Å². The van der Waals surface area contributed by atoms with Crippen molar-refractivity contribution in [3.63, 3.8) is 0 Å². The molecule has 0 saturated heterocycles. The number of nitrogens with zero attached hydrogens (tertiary/aromatic N) is 1. The molecule has 1 unspecified atom stereocenters. The van der Waals surface area contributed by atoms with Crippen molar-refractivity contribution >= 4 is 12.0 Å². The minimum absolute atomic E-state index is 0.0832. The van der Waals surface area contributed by atoms with Gasteiger partial charge in [-0.15, -0.1) is 0 Å². The summed E-state index contributed by atoms with van der Waals surface area (Å²) in [4.78, 5) is 4.28. The van der Waals surface area contributed by atoms with E-state index < -0.39 is 0 Å². The summed E-state index contributed by atoms with van der Waals surface area (Å²) in [5.41, 5.74) is 2.18. The molecular formula is C14H17NO3. The molecule has 0 aliphatic carbocycles. The molecule has 96 valence electrons. The fourth-order valence-electron chi connectivity index (χ4n) is 2.10. The van der Waals surface area contributed by atoms with Crippen molar-refractivity contribution in [3.8, 4) is 11.5 Å². The highest BCUT2D eigenvalue weighted by atomic mass is 16.5.